The van der Waals surface area contributed by atoms with Gasteiger partial charge in [-0.1, -0.05) is 12.8 Å². The second-order valence-electron chi connectivity index (χ2n) is 4.84. The van der Waals surface area contributed by atoms with Crippen LogP contribution >= 0.6 is 11.8 Å². The molecule has 0 spiro atoms. The molecule has 0 aromatic rings. The largest absolute Gasteiger partial charge is 0.465 e. The molecule has 1 N–H and O–H groups in total. The molecule has 3 nitrogen and oxygen atoms in total. The van der Waals surface area contributed by atoms with Crippen LogP contribution in [0.5, 0.6) is 0 Å². The highest BCUT2D eigenvalue weighted by molar-refractivity contribution is 7.99. The van der Waals surface area contributed by atoms with Crippen molar-refractivity contribution in [2.45, 2.75) is 44.6 Å². The summed E-state index contributed by atoms with van der Waals surface area (Å²) in [7, 11) is 0. The van der Waals surface area contributed by atoms with Crippen LogP contribution in [-0.4, -0.2) is 34.8 Å². The third-order valence-electron chi connectivity index (χ3n) is 4.01. The summed E-state index contributed by atoms with van der Waals surface area (Å²) in [6.07, 6.45) is 4.34. The number of ether oxygens (including phenoxy) is 1. The predicted octanol–water partition coefficient (Wildman–Crippen LogP) is 1.98. The molecule has 1 unspecified atom stereocenters. The number of carbonyl (C=O) groups is 1. The number of rotatable bonds is 3. The van der Waals surface area contributed by atoms with Crippen LogP contribution in [0, 0.1) is 5.41 Å². The third-order valence-corrected chi connectivity index (χ3v) is 5.20. The van der Waals surface area contributed by atoms with E-state index in [1.165, 1.54) is 0 Å². The maximum Gasteiger partial charge on any atom is 0.315 e. The minimum Gasteiger partial charge on any atom is -0.465 e. The third kappa shape index (κ3) is 1.76. The van der Waals surface area contributed by atoms with E-state index in [2.05, 4.69) is 0 Å². The molecule has 0 bridgehead atoms. The van der Waals surface area contributed by atoms with E-state index in [0.717, 1.165) is 43.6 Å². The van der Waals surface area contributed by atoms with Crippen molar-refractivity contribution in [3.63, 3.8) is 0 Å². The van der Waals surface area contributed by atoms with E-state index in [1.807, 2.05) is 6.92 Å². The molecule has 1 saturated carbocycles. The molecular weight excluding hydrogens is 224 g/mol. The average molecular weight is 244 g/mol. The maximum absolute atomic E-state index is 12.2. The Morgan fingerprint density at radius 3 is 2.56 bits per heavy atom. The summed E-state index contributed by atoms with van der Waals surface area (Å²) in [5, 5.41) is 10.7. The molecule has 2 rings (SSSR count). The summed E-state index contributed by atoms with van der Waals surface area (Å²) in [5.74, 6) is 1.51. The first-order valence-corrected chi connectivity index (χ1v) is 7.27. The Balaban J connectivity index is 2.24. The van der Waals surface area contributed by atoms with Crippen LogP contribution in [0.3, 0.4) is 0 Å². The molecule has 4 heteroatoms. The standard InChI is InChI=1S/C12H20O3S/c1-2-15-10(13)11(7-8-16-9-11)12(14)5-3-4-6-12/h14H,2-9H2,1H3. The lowest BCUT2D eigenvalue weighted by molar-refractivity contribution is -0.171. The summed E-state index contributed by atoms with van der Waals surface area (Å²) in [6, 6.07) is 0. The van der Waals surface area contributed by atoms with Crippen molar-refractivity contribution in [3.8, 4) is 0 Å². The van der Waals surface area contributed by atoms with Gasteiger partial charge in [0.15, 0.2) is 0 Å². The van der Waals surface area contributed by atoms with Gasteiger partial charge < -0.3 is 9.84 Å². The highest BCUT2D eigenvalue weighted by Gasteiger charge is 2.58. The zero-order chi connectivity index (χ0) is 11.6. The van der Waals surface area contributed by atoms with Crippen LogP contribution in [0.2, 0.25) is 0 Å². The number of hydrogen-bond acceptors (Lipinski definition) is 4. The Labute approximate surface area is 101 Å². The molecular formula is C12H20O3S. The number of aliphatic hydroxyl groups is 1. The average Bonchev–Trinajstić information content (AvgIpc) is 2.87. The molecule has 1 saturated heterocycles. The van der Waals surface area contributed by atoms with Gasteiger partial charge in [-0.15, -0.1) is 0 Å². The van der Waals surface area contributed by atoms with Crippen LogP contribution in [0.25, 0.3) is 0 Å². The first-order chi connectivity index (χ1) is 7.65. The Morgan fingerprint density at radius 1 is 1.38 bits per heavy atom. The summed E-state index contributed by atoms with van der Waals surface area (Å²) in [5.41, 5.74) is -1.42. The molecule has 1 atom stereocenters. The van der Waals surface area contributed by atoms with Gasteiger partial charge in [0.25, 0.3) is 0 Å². The molecule has 1 aliphatic carbocycles. The SMILES string of the molecule is CCOC(=O)C1(C2(O)CCCC2)CCSC1. The van der Waals surface area contributed by atoms with Crippen molar-refractivity contribution in [3.05, 3.63) is 0 Å². The van der Waals surface area contributed by atoms with Gasteiger partial charge in [0.2, 0.25) is 0 Å². The van der Waals surface area contributed by atoms with E-state index in [-0.39, 0.29) is 5.97 Å². The number of hydrogen-bond donors (Lipinski definition) is 1. The van der Waals surface area contributed by atoms with Gasteiger partial charge in [-0.3, -0.25) is 4.79 Å². The van der Waals surface area contributed by atoms with Crippen LogP contribution < -0.4 is 0 Å². The number of thioether (sulfide) groups is 1. The van der Waals surface area contributed by atoms with E-state index >= 15 is 0 Å². The molecule has 2 aliphatic rings. The lowest BCUT2D eigenvalue weighted by atomic mass is 9.70. The number of esters is 1. The first kappa shape index (κ1) is 12.2. The van der Waals surface area contributed by atoms with Crippen LogP contribution in [0.15, 0.2) is 0 Å². The van der Waals surface area contributed by atoms with E-state index in [9.17, 15) is 9.90 Å². The minimum absolute atomic E-state index is 0.176. The second-order valence-corrected chi connectivity index (χ2v) is 5.95. The van der Waals surface area contributed by atoms with Crippen molar-refractivity contribution in [1.82, 2.24) is 0 Å². The van der Waals surface area contributed by atoms with E-state index in [1.54, 1.807) is 11.8 Å². The zero-order valence-electron chi connectivity index (χ0n) is 9.83. The van der Waals surface area contributed by atoms with Crippen molar-refractivity contribution >= 4 is 17.7 Å². The highest BCUT2D eigenvalue weighted by atomic mass is 32.2. The minimum atomic E-state index is -0.803. The molecule has 0 amide bonds. The van der Waals surface area contributed by atoms with Crippen LogP contribution in [0.4, 0.5) is 0 Å². The maximum atomic E-state index is 12.2. The van der Waals surface area contributed by atoms with Gasteiger partial charge in [-0.25, -0.2) is 0 Å². The summed E-state index contributed by atoms with van der Waals surface area (Å²) in [4.78, 5) is 12.2. The molecule has 2 fully saturated rings. The van der Waals surface area contributed by atoms with E-state index in [0.29, 0.717) is 6.61 Å². The summed E-state index contributed by atoms with van der Waals surface area (Å²) >= 11 is 1.76. The molecule has 1 aliphatic heterocycles. The van der Waals surface area contributed by atoms with Gasteiger partial charge in [0.1, 0.15) is 5.41 Å². The van der Waals surface area contributed by atoms with Crippen LogP contribution in [-0.2, 0) is 9.53 Å². The monoisotopic (exact) mass is 244 g/mol. The highest BCUT2D eigenvalue weighted by Crippen LogP contribution is 2.52. The first-order valence-electron chi connectivity index (χ1n) is 6.12. The molecule has 0 radical (unpaired) electrons. The second kappa shape index (κ2) is 4.57. The fraction of sp³-hybridized carbons (Fsp3) is 0.917. The van der Waals surface area contributed by atoms with E-state index in [4.69, 9.17) is 4.74 Å². The van der Waals surface area contributed by atoms with Crippen LogP contribution in [0.1, 0.15) is 39.0 Å². The lowest BCUT2D eigenvalue weighted by Crippen LogP contribution is -2.52. The fourth-order valence-electron chi connectivity index (χ4n) is 2.99. The van der Waals surface area contributed by atoms with Gasteiger partial charge in [-0.2, -0.15) is 11.8 Å². The Bertz CT molecular complexity index is 265. The van der Waals surface area contributed by atoms with Crippen molar-refractivity contribution in [1.29, 1.82) is 0 Å². The zero-order valence-corrected chi connectivity index (χ0v) is 10.6. The van der Waals surface area contributed by atoms with Gasteiger partial charge >= 0.3 is 5.97 Å². The summed E-state index contributed by atoms with van der Waals surface area (Å²) in [6.45, 7) is 2.23. The predicted molar refractivity (Wildman–Crippen MR) is 64.4 cm³/mol. The molecule has 0 aromatic carbocycles. The van der Waals surface area contributed by atoms with Gasteiger partial charge in [-0.05, 0) is 31.9 Å². The Hall–Kier alpha value is -0.220. The molecule has 1 heterocycles. The normalized spacial score (nSPS) is 32.9. The Kier molecular flexibility index (Phi) is 3.50. The smallest absolute Gasteiger partial charge is 0.315 e. The van der Waals surface area contributed by atoms with Crippen molar-refractivity contribution in [2.24, 2.45) is 5.41 Å². The van der Waals surface area contributed by atoms with Gasteiger partial charge in [0.05, 0.1) is 12.2 Å². The number of carbonyl (C=O) groups excluding carboxylic acids is 1. The topological polar surface area (TPSA) is 46.5 Å². The molecule has 0 aromatic heterocycles. The fourth-order valence-corrected chi connectivity index (χ4v) is 4.51. The van der Waals surface area contributed by atoms with Crippen molar-refractivity contribution in [2.75, 3.05) is 18.1 Å². The molecule has 92 valence electrons. The Morgan fingerprint density at radius 2 is 2.06 bits per heavy atom. The summed E-state index contributed by atoms with van der Waals surface area (Å²) < 4.78 is 5.19. The lowest BCUT2D eigenvalue weighted by Gasteiger charge is -2.39. The quantitative estimate of drug-likeness (QED) is 0.771. The van der Waals surface area contributed by atoms with Crippen molar-refractivity contribution < 1.29 is 14.6 Å². The van der Waals surface area contributed by atoms with E-state index < -0.39 is 11.0 Å². The van der Waals surface area contributed by atoms with Gasteiger partial charge in [0, 0.05) is 5.75 Å². The molecule has 16 heavy (non-hydrogen) atoms.